The van der Waals surface area contributed by atoms with Crippen molar-refractivity contribution in [1.29, 1.82) is 0 Å². The molecule has 0 saturated carbocycles. The van der Waals surface area contributed by atoms with Crippen LogP contribution in [0.4, 0.5) is 11.5 Å². The molecule has 3 N–H and O–H groups in total. The van der Waals surface area contributed by atoms with Crippen LogP contribution in [0, 0.1) is 6.92 Å². The van der Waals surface area contributed by atoms with E-state index in [4.69, 9.17) is 17.4 Å². The number of benzene rings is 2. The molecule has 2 aromatic carbocycles. The number of hydrogen-bond donors (Lipinski definition) is 2. The van der Waals surface area contributed by atoms with Crippen LogP contribution in [0.2, 0.25) is 5.02 Å². The highest BCUT2D eigenvalue weighted by atomic mass is 35.5. The van der Waals surface area contributed by atoms with E-state index in [0.717, 1.165) is 15.8 Å². The third-order valence-corrected chi connectivity index (χ3v) is 4.93. The van der Waals surface area contributed by atoms with Gasteiger partial charge in [0, 0.05) is 16.5 Å². The Kier molecular flexibility index (Phi) is 5.25. The van der Waals surface area contributed by atoms with Crippen LogP contribution in [0.1, 0.15) is 11.1 Å². The molecular formula is C17H16ClN5OS. The minimum Gasteiger partial charge on any atom is -0.334 e. The predicted molar refractivity (Wildman–Crippen MR) is 102 cm³/mol. The van der Waals surface area contributed by atoms with E-state index in [2.05, 4.69) is 15.5 Å². The molecule has 0 unspecified atom stereocenters. The van der Waals surface area contributed by atoms with E-state index >= 15 is 0 Å². The molecule has 25 heavy (non-hydrogen) atoms. The second-order valence-corrected chi connectivity index (χ2v) is 6.72. The Labute approximate surface area is 154 Å². The molecule has 3 rings (SSSR count). The summed E-state index contributed by atoms with van der Waals surface area (Å²) in [7, 11) is 0. The molecule has 0 fully saturated rings. The van der Waals surface area contributed by atoms with Gasteiger partial charge in [0.25, 0.3) is 0 Å². The number of nitrogens with one attached hydrogen (secondary N) is 1. The van der Waals surface area contributed by atoms with Crippen molar-refractivity contribution in [2.75, 3.05) is 11.2 Å². The molecule has 3 aromatic rings. The molecule has 0 aliphatic rings. The van der Waals surface area contributed by atoms with Crippen molar-refractivity contribution in [1.82, 2.24) is 14.9 Å². The van der Waals surface area contributed by atoms with Crippen LogP contribution in [-0.4, -0.2) is 14.9 Å². The van der Waals surface area contributed by atoms with E-state index in [1.165, 1.54) is 11.8 Å². The van der Waals surface area contributed by atoms with Gasteiger partial charge in [0.15, 0.2) is 0 Å². The molecular weight excluding hydrogens is 358 g/mol. The molecule has 128 valence electrons. The van der Waals surface area contributed by atoms with Crippen LogP contribution in [0.25, 0.3) is 0 Å². The van der Waals surface area contributed by atoms with Gasteiger partial charge < -0.3 is 11.2 Å². The largest absolute Gasteiger partial charge is 0.334 e. The van der Waals surface area contributed by atoms with Crippen LogP contribution < -0.4 is 16.7 Å². The number of halogens is 1. The summed E-state index contributed by atoms with van der Waals surface area (Å²) in [4.78, 5) is 12.4. The topological polar surface area (TPSA) is 85.8 Å². The smallest absolute Gasteiger partial charge is 0.315 e. The minimum atomic E-state index is -0.456. The summed E-state index contributed by atoms with van der Waals surface area (Å²) in [6.07, 6.45) is 0. The zero-order chi connectivity index (χ0) is 17.8. The van der Waals surface area contributed by atoms with Gasteiger partial charge in [-0.25, -0.2) is 0 Å². The van der Waals surface area contributed by atoms with E-state index < -0.39 is 5.56 Å². The summed E-state index contributed by atoms with van der Waals surface area (Å²) in [5, 5.41) is 11.9. The van der Waals surface area contributed by atoms with E-state index in [-0.39, 0.29) is 5.82 Å². The number of rotatable bonds is 5. The molecule has 0 aliphatic heterocycles. The van der Waals surface area contributed by atoms with Crippen molar-refractivity contribution in [2.24, 2.45) is 0 Å². The molecule has 1 aromatic heterocycles. The highest BCUT2D eigenvalue weighted by Gasteiger charge is 2.11. The lowest BCUT2D eigenvalue weighted by atomic mass is 10.2. The average Bonchev–Trinajstić information content (AvgIpc) is 2.62. The molecule has 0 atom stereocenters. The number of nitrogens with two attached hydrogens (primary N) is 1. The number of anilines is 2. The van der Waals surface area contributed by atoms with Gasteiger partial charge in [0.2, 0.25) is 11.0 Å². The van der Waals surface area contributed by atoms with Crippen molar-refractivity contribution in [3.63, 3.8) is 0 Å². The van der Waals surface area contributed by atoms with Crippen LogP contribution in [0.15, 0.2) is 58.5 Å². The highest BCUT2D eigenvalue weighted by Crippen LogP contribution is 2.22. The number of nitrogen functional groups attached to an aromatic ring is 1. The maximum absolute atomic E-state index is 12.4. The minimum absolute atomic E-state index is 0.0477. The Balaban J connectivity index is 1.78. The third-order valence-electron chi connectivity index (χ3n) is 3.51. The number of hydrogen-bond acceptors (Lipinski definition) is 6. The second-order valence-electron chi connectivity index (χ2n) is 5.37. The average molecular weight is 374 g/mol. The summed E-state index contributed by atoms with van der Waals surface area (Å²) < 4.78 is 0.999. The Morgan fingerprint density at radius 1 is 1.20 bits per heavy atom. The van der Waals surface area contributed by atoms with Gasteiger partial charge in [-0.1, -0.05) is 59.8 Å². The van der Waals surface area contributed by atoms with Gasteiger partial charge in [-0.05, 0) is 30.2 Å². The van der Waals surface area contributed by atoms with Crippen LogP contribution in [0.3, 0.4) is 0 Å². The van der Waals surface area contributed by atoms with Gasteiger partial charge in [-0.3, -0.25) is 4.79 Å². The van der Waals surface area contributed by atoms with Gasteiger partial charge >= 0.3 is 5.56 Å². The Bertz CT molecular complexity index is 946. The zero-order valence-corrected chi connectivity index (χ0v) is 15.0. The summed E-state index contributed by atoms with van der Waals surface area (Å²) in [6, 6.07) is 15.2. The van der Waals surface area contributed by atoms with E-state index in [9.17, 15) is 4.79 Å². The predicted octanol–water partition coefficient (Wildman–Crippen LogP) is 3.35. The lowest BCUT2D eigenvalue weighted by Crippen LogP contribution is -2.32. The molecule has 1 heterocycles. The fourth-order valence-electron chi connectivity index (χ4n) is 2.09. The van der Waals surface area contributed by atoms with Crippen molar-refractivity contribution < 1.29 is 0 Å². The lowest BCUT2D eigenvalue weighted by Gasteiger charge is -2.09. The van der Waals surface area contributed by atoms with Gasteiger partial charge in [0.05, 0.1) is 0 Å². The number of nitrogens with zero attached hydrogens (tertiary/aromatic N) is 3. The number of aryl methyl sites for hydroxylation is 1. The van der Waals surface area contributed by atoms with E-state index in [1.54, 1.807) is 12.1 Å². The number of aromatic nitrogens is 3. The van der Waals surface area contributed by atoms with E-state index in [0.29, 0.717) is 21.6 Å². The Morgan fingerprint density at radius 3 is 2.68 bits per heavy atom. The summed E-state index contributed by atoms with van der Waals surface area (Å²) in [5.41, 5.74) is 2.24. The molecule has 0 aliphatic carbocycles. The third kappa shape index (κ3) is 4.12. The van der Waals surface area contributed by atoms with Crippen molar-refractivity contribution in [3.05, 3.63) is 75.0 Å². The second kappa shape index (κ2) is 7.58. The van der Waals surface area contributed by atoms with E-state index in [1.807, 2.05) is 43.3 Å². The van der Waals surface area contributed by atoms with Gasteiger partial charge in [0.1, 0.15) is 0 Å². The van der Waals surface area contributed by atoms with Gasteiger partial charge in [-0.15, -0.1) is 10.2 Å². The fraction of sp³-hybridized carbons (Fsp3) is 0.118. The van der Waals surface area contributed by atoms with Crippen LogP contribution in [0.5, 0.6) is 0 Å². The molecule has 0 amide bonds. The standard InChI is InChI=1S/C17H16ClN5OS/c1-11-7-8-13(9-14(11)18)20-15-16(24)23(19)17(22-21-15)25-10-12-5-3-2-4-6-12/h2-9H,10,19H2,1H3,(H,20,21). The quantitative estimate of drug-likeness (QED) is 0.527. The molecule has 0 bridgehead atoms. The highest BCUT2D eigenvalue weighted by molar-refractivity contribution is 7.98. The first-order valence-electron chi connectivity index (χ1n) is 7.49. The SMILES string of the molecule is Cc1ccc(Nc2nnc(SCc3ccccc3)n(N)c2=O)cc1Cl. The maximum Gasteiger partial charge on any atom is 0.315 e. The summed E-state index contributed by atoms with van der Waals surface area (Å²) in [5.74, 6) is 6.56. The molecule has 0 radical (unpaired) electrons. The summed E-state index contributed by atoms with van der Waals surface area (Å²) in [6.45, 7) is 1.90. The monoisotopic (exact) mass is 373 g/mol. The van der Waals surface area contributed by atoms with Crippen LogP contribution in [-0.2, 0) is 5.75 Å². The lowest BCUT2D eigenvalue weighted by molar-refractivity contribution is 0.705. The summed E-state index contributed by atoms with van der Waals surface area (Å²) >= 11 is 7.44. The Morgan fingerprint density at radius 2 is 1.96 bits per heavy atom. The Hall–Kier alpha value is -2.51. The molecule has 0 spiro atoms. The molecule has 8 heteroatoms. The van der Waals surface area contributed by atoms with Crippen molar-refractivity contribution in [3.8, 4) is 0 Å². The van der Waals surface area contributed by atoms with Crippen molar-refractivity contribution in [2.45, 2.75) is 17.8 Å². The first kappa shape index (κ1) is 17.3. The first-order chi connectivity index (χ1) is 12.0. The van der Waals surface area contributed by atoms with Crippen molar-refractivity contribution >= 4 is 34.9 Å². The zero-order valence-electron chi connectivity index (χ0n) is 13.4. The maximum atomic E-state index is 12.4. The normalized spacial score (nSPS) is 10.6. The molecule has 0 saturated heterocycles. The van der Waals surface area contributed by atoms with Crippen LogP contribution >= 0.6 is 23.4 Å². The number of thioether (sulfide) groups is 1. The molecule has 6 nitrogen and oxygen atoms in total. The van der Waals surface area contributed by atoms with Gasteiger partial charge in [-0.2, -0.15) is 4.68 Å². The first-order valence-corrected chi connectivity index (χ1v) is 8.85. The fourth-order valence-corrected chi connectivity index (χ4v) is 3.08.